The van der Waals surface area contributed by atoms with Gasteiger partial charge in [-0.2, -0.15) is 0 Å². The van der Waals surface area contributed by atoms with Crippen molar-refractivity contribution in [2.75, 3.05) is 5.73 Å². The van der Waals surface area contributed by atoms with Crippen LogP contribution in [0.5, 0.6) is 0 Å². The fourth-order valence-electron chi connectivity index (χ4n) is 3.67. The summed E-state index contributed by atoms with van der Waals surface area (Å²) in [5, 5.41) is 0. The molecule has 0 aromatic heterocycles. The fraction of sp³-hybridized carbons (Fsp3) is 0.120. The maximum absolute atomic E-state index is 6.03. The molecule has 2 N–H and O–H groups in total. The molecule has 1 heteroatoms. The number of allylic oxidation sites excluding steroid dienone is 4. The largest absolute Gasteiger partial charge is 0.399 e. The molecule has 128 valence electrons. The second-order valence-corrected chi connectivity index (χ2v) is 7.01. The van der Waals surface area contributed by atoms with Gasteiger partial charge in [0.2, 0.25) is 0 Å². The first-order chi connectivity index (χ1) is 12.7. The Morgan fingerprint density at radius 2 is 1.58 bits per heavy atom. The topological polar surface area (TPSA) is 26.0 Å². The van der Waals surface area contributed by atoms with E-state index in [4.69, 9.17) is 5.73 Å². The molecule has 0 aliphatic heterocycles. The van der Waals surface area contributed by atoms with Crippen molar-refractivity contribution in [3.05, 3.63) is 113 Å². The Hall–Kier alpha value is -3.06. The highest BCUT2D eigenvalue weighted by molar-refractivity contribution is 5.87. The van der Waals surface area contributed by atoms with Gasteiger partial charge in [-0.3, -0.25) is 0 Å². The molecule has 1 aliphatic rings. The monoisotopic (exact) mass is 337 g/mol. The average molecular weight is 337 g/mol. The van der Waals surface area contributed by atoms with E-state index < -0.39 is 0 Å². The summed E-state index contributed by atoms with van der Waals surface area (Å²) in [6.45, 7) is 2.14. The van der Waals surface area contributed by atoms with Crippen LogP contribution in [0, 0.1) is 6.92 Å². The molecule has 0 amide bonds. The third-order valence-electron chi connectivity index (χ3n) is 4.99. The predicted octanol–water partition coefficient (Wildman–Crippen LogP) is 6.23. The smallest absolute Gasteiger partial charge is 0.0320 e. The van der Waals surface area contributed by atoms with Crippen LogP contribution in [0.1, 0.15) is 34.6 Å². The molecule has 1 aliphatic carbocycles. The highest BCUT2D eigenvalue weighted by atomic mass is 14.5. The van der Waals surface area contributed by atoms with Gasteiger partial charge in [0.25, 0.3) is 0 Å². The van der Waals surface area contributed by atoms with Crippen LogP contribution in [0.25, 0.3) is 11.1 Å². The lowest BCUT2D eigenvalue weighted by Gasteiger charge is -2.23. The van der Waals surface area contributed by atoms with E-state index in [1.54, 1.807) is 0 Å². The molecule has 0 radical (unpaired) electrons. The second-order valence-electron chi connectivity index (χ2n) is 7.01. The summed E-state index contributed by atoms with van der Waals surface area (Å²) in [7, 11) is 0. The summed E-state index contributed by atoms with van der Waals surface area (Å²) in [5.41, 5.74) is 14.6. The zero-order valence-corrected chi connectivity index (χ0v) is 15.0. The Bertz CT molecular complexity index is 980. The minimum atomic E-state index is 0.369. The number of aryl methyl sites for hydroxylation is 1. The van der Waals surface area contributed by atoms with Crippen LogP contribution in [-0.2, 0) is 0 Å². The Labute approximate surface area is 155 Å². The predicted molar refractivity (Wildman–Crippen MR) is 112 cm³/mol. The van der Waals surface area contributed by atoms with Crippen LogP contribution in [0.15, 0.2) is 91.0 Å². The molecule has 1 atom stereocenters. The minimum Gasteiger partial charge on any atom is -0.399 e. The SMILES string of the molecule is Cc1cccc(C2=CC(c3ccccc3)CC(c3cccc(N)c3)=C2)c1. The van der Waals surface area contributed by atoms with Crippen LogP contribution in [0.2, 0.25) is 0 Å². The van der Waals surface area contributed by atoms with Gasteiger partial charge in [0, 0.05) is 11.6 Å². The van der Waals surface area contributed by atoms with Crippen molar-refractivity contribution < 1.29 is 0 Å². The maximum Gasteiger partial charge on any atom is 0.0320 e. The van der Waals surface area contributed by atoms with Crippen LogP contribution in [0.4, 0.5) is 5.69 Å². The van der Waals surface area contributed by atoms with E-state index in [1.165, 1.54) is 33.4 Å². The first-order valence-electron chi connectivity index (χ1n) is 9.09. The van der Waals surface area contributed by atoms with Gasteiger partial charge in [0.1, 0.15) is 0 Å². The molecule has 3 aromatic rings. The Morgan fingerprint density at radius 3 is 2.35 bits per heavy atom. The molecular weight excluding hydrogens is 314 g/mol. The molecule has 0 bridgehead atoms. The van der Waals surface area contributed by atoms with Gasteiger partial charge in [-0.05, 0) is 53.3 Å². The van der Waals surface area contributed by atoms with Crippen LogP contribution >= 0.6 is 0 Å². The maximum atomic E-state index is 6.03. The summed E-state index contributed by atoms with van der Waals surface area (Å²) < 4.78 is 0. The fourth-order valence-corrected chi connectivity index (χ4v) is 3.67. The van der Waals surface area contributed by atoms with E-state index in [0.717, 1.165) is 12.1 Å². The first kappa shape index (κ1) is 16.4. The van der Waals surface area contributed by atoms with Crippen molar-refractivity contribution in [2.24, 2.45) is 0 Å². The quantitative estimate of drug-likeness (QED) is 0.563. The van der Waals surface area contributed by atoms with Gasteiger partial charge in [0.15, 0.2) is 0 Å². The van der Waals surface area contributed by atoms with Gasteiger partial charge < -0.3 is 5.73 Å². The molecule has 3 aromatic carbocycles. The van der Waals surface area contributed by atoms with E-state index in [9.17, 15) is 0 Å². The van der Waals surface area contributed by atoms with E-state index in [0.29, 0.717) is 5.92 Å². The van der Waals surface area contributed by atoms with E-state index in [1.807, 2.05) is 12.1 Å². The summed E-state index contributed by atoms with van der Waals surface area (Å²) in [6, 6.07) is 27.7. The molecule has 0 saturated heterocycles. The summed E-state index contributed by atoms with van der Waals surface area (Å²) >= 11 is 0. The number of hydrogen-bond donors (Lipinski definition) is 1. The molecule has 26 heavy (non-hydrogen) atoms. The lowest BCUT2D eigenvalue weighted by molar-refractivity contribution is 0.871. The van der Waals surface area contributed by atoms with Crippen LogP contribution in [-0.4, -0.2) is 0 Å². The standard InChI is InChI=1S/C25H23N/c1-18-7-5-10-20(13-18)23-14-22(19-8-3-2-4-9-19)15-24(16-23)21-11-6-12-25(26)17-21/h2-14,16-17,22H,15,26H2,1H3. The molecule has 0 spiro atoms. The van der Waals surface area contributed by atoms with Crippen LogP contribution < -0.4 is 5.73 Å². The molecule has 1 nitrogen and oxygen atoms in total. The number of anilines is 1. The summed E-state index contributed by atoms with van der Waals surface area (Å²) in [5.74, 6) is 0.369. The third kappa shape index (κ3) is 3.48. The van der Waals surface area contributed by atoms with Crippen LogP contribution in [0.3, 0.4) is 0 Å². The third-order valence-corrected chi connectivity index (χ3v) is 4.99. The van der Waals surface area contributed by atoms with Crippen molar-refractivity contribution in [1.82, 2.24) is 0 Å². The highest BCUT2D eigenvalue weighted by Gasteiger charge is 2.19. The van der Waals surface area contributed by atoms with Crippen molar-refractivity contribution >= 4 is 16.8 Å². The van der Waals surface area contributed by atoms with Crippen molar-refractivity contribution in [3.8, 4) is 0 Å². The zero-order chi connectivity index (χ0) is 17.9. The van der Waals surface area contributed by atoms with Gasteiger partial charge in [-0.25, -0.2) is 0 Å². The summed E-state index contributed by atoms with van der Waals surface area (Å²) in [4.78, 5) is 0. The minimum absolute atomic E-state index is 0.369. The lowest BCUT2D eigenvalue weighted by Crippen LogP contribution is -2.04. The van der Waals surface area contributed by atoms with Crippen molar-refractivity contribution in [2.45, 2.75) is 19.3 Å². The zero-order valence-electron chi connectivity index (χ0n) is 15.0. The summed E-state index contributed by atoms with van der Waals surface area (Å²) in [6.07, 6.45) is 5.71. The molecule has 0 saturated carbocycles. The second kappa shape index (κ2) is 7.05. The Kier molecular flexibility index (Phi) is 4.45. The Balaban J connectivity index is 1.81. The van der Waals surface area contributed by atoms with Gasteiger partial charge in [0.05, 0.1) is 0 Å². The van der Waals surface area contributed by atoms with Gasteiger partial charge in [-0.1, -0.05) is 84.4 Å². The van der Waals surface area contributed by atoms with E-state index in [2.05, 4.69) is 85.8 Å². The average Bonchev–Trinajstić information content (AvgIpc) is 2.68. The van der Waals surface area contributed by atoms with Crippen molar-refractivity contribution in [1.29, 1.82) is 0 Å². The highest BCUT2D eigenvalue weighted by Crippen LogP contribution is 2.39. The molecule has 0 heterocycles. The van der Waals surface area contributed by atoms with E-state index in [-0.39, 0.29) is 0 Å². The van der Waals surface area contributed by atoms with Crippen molar-refractivity contribution in [3.63, 3.8) is 0 Å². The number of rotatable bonds is 3. The van der Waals surface area contributed by atoms with Gasteiger partial charge in [-0.15, -0.1) is 0 Å². The number of hydrogen-bond acceptors (Lipinski definition) is 1. The number of nitrogen functional groups attached to an aromatic ring is 1. The molecule has 0 fully saturated rings. The molecule has 4 rings (SSSR count). The lowest BCUT2D eigenvalue weighted by atomic mass is 9.81. The first-order valence-corrected chi connectivity index (χ1v) is 9.09. The normalized spacial score (nSPS) is 16.7. The van der Waals surface area contributed by atoms with E-state index >= 15 is 0 Å². The number of benzene rings is 3. The van der Waals surface area contributed by atoms with Gasteiger partial charge >= 0.3 is 0 Å². The molecule has 1 unspecified atom stereocenters. The Morgan fingerprint density at radius 1 is 0.808 bits per heavy atom. The number of nitrogens with two attached hydrogens (primary N) is 1. The molecular formula is C25H23N.